The fourth-order valence-corrected chi connectivity index (χ4v) is 5.81. The van der Waals surface area contributed by atoms with E-state index in [4.69, 9.17) is 11.6 Å². The number of hydrogen-bond acceptors (Lipinski definition) is 7. The number of amides is 3. The fraction of sp³-hybridized carbons (Fsp3) is 0.500. The maximum atomic E-state index is 14.3. The van der Waals surface area contributed by atoms with Crippen molar-refractivity contribution in [1.29, 1.82) is 0 Å². The summed E-state index contributed by atoms with van der Waals surface area (Å²) in [6, 6.07) is 4.34. The van der Waals surface area contributed by atoms with Crippen LogP contribution < -0.4 is 16.2 Å². The van der Waals surface area contributed by atoms with Crippen LogP contribution in [0.4, 0.5) is 4.39 Å². The average molecular weight is 563 g/mol. The topological polar surface area (TPSA) is 137 Å². The second kappa shape index (κ2) is 10.6. The van der Waals surface area contributed by atoms with Crippen molar-refractivity contribution in [3.8, 4) is 5.75 Å². The van der Waals surface area contributed by atoms with Gasteiger partial charge in [-0.2, -0.15) is 0 Å². The van der Waals surface area contributed by atoms with Gasteiger partial charge >= 0.3 is 11.8 Å². The summed E-state index contributed by atoms with van der Waals surface area (Å²) in [5.41, 5.74) is -2.83. The van der Waals surface area contributed by atoms with Gasteiger partial charge in [-0.05, 0) is 45.8 Å². The molecule has 1 aromatic carbocycles. The molecule has 2 aliphatic heterocycles. The molecule has 0 unspecified atom stereocenters. The number of fused-ring (bicyclic) bond motifs is 2. The van der Waals surface area contributed by atoms with Crippen LogP contribution in [0.3, 0.4) is 0 Å². The first-order valence-corrected chi connectivity index (χ1v) is 12.9. The van der Waals surface area contributed by atoms with Crippen molar-refractivity contribution < 1.29 is 23.9 Å². The lowest BCUT2D eigenvalue weighted by Gasteiger charge is -2.43. The molecule has 11 nitrogen and oxygen atoms in total. The van der Waals surface area contributed by atoms with Crippen molar-refractivity contribution in [2.75, 3.05) is 34.7 Å². The van der Waals surface area contributed by atoms with Gasteiger partial charge in [0.05, 0.1) is 10.6 Å². The smallest absolute Gasteiger partial charge is 0.311 e. The van der Waals surface area contributed by atoms with E-state index in [1.807, 2.05) is 19.0 Å². The van der Waals surface area contributed by atoms with Crippen molar-refractivity contribution in [3.63, 3.8) is 0 Å². The Morgan fingerprint density at radius 3 is 2.44 bits per heavy atom. The second-order valence-electron chi connectivity index (χ2n) is 10.9. The van der Waals surface area contributed by atoms with E-state index in [2.05, 4.69) is 15.6 Å². The van der Waals surface area contributed by atoms with Crippen LogP contribution in [0.15, 0.2) is 23.0 Å². The predicted octanol–water partition coefficient (Wildman–Crippen LogP) is 1.21. The highest BCUT2D eigenvalue weighted by atomic mass is 35.5. The van der Waals surface area contributed by atoms with Crippen LogP contribution >= 0.6 is 11.6 Å². The number of rotatable bonds is 6. The molecule has 5 rings (SSSR count). The van der Waals surface area contributed by atoms with Crippen LogP contribution in [-0.2, 0) is 28.2 Å². The maximum Gasteiger partial charge on any atom is 0.311 e. The molecule has 3 heterocycles. The van der Waals surface area contributed by atoms with E-state index in [-0.39, 0.29) is 34.9 Å². The Labute approximate surface area is 229 Å². The van der Waals surface area contributed by atoms with Crippen LogP contribution in [0.5, 0.6) is 5.75 Å². The Bertz CT molecular complexity index is 1380. The van der Waals surface area contributed by atoms with Crippen molar-refractivity contribution in [3.05, 3.63) is 56.5 Å². The highest BCUT2D eigenvalue weighted by Gasteiger charge is 2.52. The fourth-order valence-electron chi connectivity index (χ4n) is 5.62. The van der Waals surface area contributed by atoms with Crippen molar-refractivity contribution >= 4 is 29.3 Å². The lowest BCUT2D eigenvalue weighted by atomic mass is 9.68. The number of hydrogen-bond donors (Lipinski definition) is 3. The first-order chi connectivity index (χ1) is 18.3. The molecule has 3 aliphatic rings. The zero-order valence-corrected chi connectivity index (χ0v) is 23.1. The van der Waals surface area contributed by atoms with Gasteiger partial charge in [-0.25, -0.2) is 9.37 Å². The Balaban J connectivity index is 1.77. The zero-order valence-electron chi connectivity index (χ0n) is 22.3. The van der Waals surface area contributed by atoms with E-state index < -0.39 is 46.1 Å². The largest absolute Gasteiger partial charge is 0.501 e. The number of carbonyl (C=O) groups excluding carboxylic acids is 3. The number of nitrogens with zero attached hydrogens (tertiary/aromatic N) is 4. The molecule has 1 aliphatic carbocycles. The molecule has 0 saturated heterocycles. The Hall–Kier alpha value is -3.51. The lowest BCUT2D eigenvalue weighted by Crippen LogP contribution is -2.54. The highest BCUT2D eigenvalue weighted by Crippen LogP contribution is 2.49. The van der Waals surface area contributed by atoms with Crippen LogP contribution in [0.1, 0.15) is 47.6 Å². The zero-order chi connectivity index (χ0) is 28.7. The van der Waals surface area contributed by atoms with Gasteiger partial charge in [-0.3, -0.25) is 23.7 Å². The summed E-state index contributed by atoms with van der Waals surface area (Å²) in [4.78, 5) is 59.5. The van der Waals surface area contributed by atoms with Gasteiger partial charge in [0.15, 0.2) is 5.69 Å². The average Bonchev–Trinajstić information content (AvgIpc) is 3.08. The molecular formula is C26H32ClFN6O5. The third-order valence-electron chi connectivity index (χ3n) is 7.52. The van der Waals surface area contributed by atoms with Crippen molar-refractivity contribution in [1.82, 2.24) is 30.0 Å². The summed E-state index contributed by atoms with van der Waals surface area (Å²) in [7, 11) is 6.76. The third-order valence-corrected chi connectivity index (χ3v) is 7.81. The molecule has 2 aromatic rings. The molecular weight excluding hydrogens is 531 g/mol. The van der Waals surface area contributed by atoms with E-state index in [1.54, 1.807) is 0 Å². The standard InChI is InChI=1S/C26H32ClFN6O5/c1-32(2)13-25-8-10-26(11-9-25,31-21(37)23(39)33(3)4)24-30-18(19(35)22(38)34(24)14-25)20(36)29-12-15-6-5-7-16(27)17(15)28/h5-7,35H,8-14H2,1-4H3,(H,29,36)(H,31,37). The number of aromatic hydroxyl groups is 1. The predicted molar refractivity (Wildman–Crippen MR) is 141 cm³/mol. The number of aromatic nitrogens is 2. The van der Waals surface area contributed by atoms with E-state index in [9.17, 15) is 28.7 Å². The van der Waals surface area contributed by atoms with Crippen molar-refractivity contribution in [2.24, 2.45) is 5.41 Å². The molecule has 2 bridgehead atoms. The van der Waals surface area contributed by atoms with Gasteiger partial charge in [0.25, 0.3) is 11.5 Å². The molecule has 0 spiro atoms. The van der Waals surface area contributed by atoms with Gasteiger partial charge < -0.3 is 25.5 Å². The SMILES string of the molecule is CN(C)CC12CCC(NC(=O)C(=O)N(C)C)(CC1)c1nc(C(=O)NCc3cccc(Cl)c3F)c(O)c(=O)n1C2. The van der Waals surface area contributed by atoms with E-state index >= 15 is 0 Å². The highest BCUT2D eigenvalue weighted by molar-refractivity contribution is 6.35. The summed E-state index contributed by atoms with van der Waals surface area (Å²) in [6.45, 7) is 0.596. The first-order valence-electron chi connectivity index (χ1n) is 12.5. The number of likely N-dealkylation sites (N-methyl/N-ethyl adjacent to an activating group) is 1. The maximum absolute atomic E-state index is 14.3. The van der Waals surface area contributed by atoms with Crippen LogP contribution in [-0.4, -0.2) is 76.9 Å². The molecule has 1 saturated carbocycles. The summed E-state index contributed by atoms with van der Waals surface area (Å²) >= 11 is 5.82. The molecule has 0 atom stereocenters. The Morgan fingerprint density at radius 2 is 1.82 bits per heavy atom. The van der Waals surface area contributed by atoms with Crippen LogP contribution in [0, 0.1) is 11.2 Å². The number of benzene rings is 1. The second-order valence-corrected chi connectivity index (χ2v) is 11.3. The number of halogens is 2. The minimum Gasteiger partial charge on any atom is -0.501 e. The van der Waals surface area contributed by atoms with Crippen LogP contribution in [0.2, 0.25) is 5.02 Å². The Kier molecular flexibility index (Phi) is 7.72. The quantitative estimate of drug-likeness (QED) is 0.450. The van der Waals surface area contributed by atoms with Gasteiger partial charge in [-0.15, -0.1) is 0 Å². The summed E-state index contributed by atoms with van der Waals surface area (Å²) in [5, 5.41) is 16.0. The lowest BCUT2D eigenvalue weighted by molar-refractivity contribution is -0.145. The monoisotopic (exact) mass is 562 g/mol. The summed E-state index contributed by atoms with van der Waals surface area (Å²) in [5.74, 6) is -3.99. The minimum absolute atomic E-state index is 0.0995. The molecule has 0 radical (unpaired) electrons. The molecule has 39 heavy (non-hydrogen) atoms. The van der Waals surface area contributed by atoms with Gasteiger partial charge in [-0.1, -0.05) is 23.7 Å². The van der Waals surface area contributed by atoms with E-state index in [0.717, 1.165) is 4.90 Å². The van der Waals surface area contributed by atoms with Crippen LogP contribution in [0.25, 0.3) is 0 Å². The summed E-state index contributed by atoms with van der Waals surface area (Å²) < 4.78 is 15.6. The summed E-state index contributed by atoms with van der Waals surface area (Å²) in [6.07, 6.45) is 1.97. The van der Waals surface area contributed by atoms with E-state index in [0.29, 0.717) is 32.2 Å². The molecule has 3 N–H and O–H groups in total. The van der Waals surface area contributed by atoms with Crippen molar-refractivity contribution in [2.45, 2.75) is 44.3 Å². The minimum atomic E-state index is -1.21. The van der Waals surface area contributed by atoms with Gasteiger partial charge in [0.2, 0.25) is 5.75 Å². The van der Waals surface area contributed by atoms with Gasteiger partial charge in [0, 0.05) is 44.7 Å². The van der Waals surface area contributed by atoms with Gasteiger partial charge in [0.1, 0.15) is 11.6 Å². The normalized spacial score (nSPS) is 21.7. The molecule has 210 valence electrons. The molecule has 1 fully saturated rings. The molecule has 3 amide bonds. The number of nitrogens with one attached hydrogen (secondary N) is 2. The number of carbonyl (C=O) groups is 3. The Morgan fingerprint density at radius 1 is 1.15 bits per heavy atom. The van der Waals surface area contributed by atoms with E-state index in [1.165, 1.54) is 36.9 Å². The molecule has 13 heteroatoms. The third kappa shape index (κ3) is 5.35. The first kappa shape index (κ1) is 28.5. The molecule has 1 aromatic heterocycles.